The molecule has 2 aromatic heterocycles. The van der Waals surface area contributed by atoms with E-state index < -0.39 is 0 Å². The van der Waals surface area contributed by atoms with E-state index in [-0.39, 0.29) is 11.9 Å². The van der Waals surface area contributed by atoms with Gasteiger partial charge in [0, 0.05) is 24.5 Å². The molecule has 6 heteroatoms. The molecule has 6 nitrogen and oxygen atoms in total. The number of amides is 1. The summed E-state index contributed by atoms with van der Waals surface area (Å²) in [6, 6.07) is 13.7. The predicted octanol–water partition coefficient (Wildman–Crippen LogP) is 3.09. The molecule has 0 spiro atoms. The van der Waals surface area contributed by atoms with Crippen molar-refractivity contribution in [3.8, 4) is 0 Å². The number of hydrogen-bond donors (Lipinski definition) is 0. The van der Waals surface area contributed by atoms with Gasteiger partial charge >= 0.3 is 0 Å². The van der Waals surface area contributed by atoms with Crippen LogP contribution in [0.1, 0.15) is 47.1 Å². The van der Waals surface area contributed by atoms with Gasteiger partial charge in [0.05, 0.1) is 12.6 Å². The maximum Gasteiger partial charge on any atom is 0.254 e. The van der Waals surface area contributed by atoms with Gasteiger partial charge in [0.25, 0.3) is 5.91 Å². The lowest BCUT2D eigenvalue weighted by atomic mass is 10.00. The Labute approximate surface area is 152 Å². The monoisotopic (exact) mass is 347 g/mol. The van der Waals surface area contributed by atoms with Gasteiger partial charge in [-0.2, -0.15) is 0 Å². The number of piperidine rings is 1. The lowest BCUT2D eigenvalue weighted by molar-refractivity contribution is 0.0595. The molecule has 1 saturated heterocycles. The summed E-state index contributed by atoms with van der Waals surface area (Å²) >= 11 is 0. The summed E-state index contributed by atoms with van der Waals surface area (Å²) in [5.74, 6) is 0.891. The molecule has 1 aliphatic heterocycles. The van der Waals surface area contributed by atoms with Crippen molar-refractivity contribution in [3.63, 3.8) is 0 Å². The molecule has 1 unspecified atom stereocenters. The summed E-state index contributed by atoms with van der Waals surface area (Å²) in [7, 11) is 0. The van der Waals surface area contributed by atoms with E-state index in [9.17, 15) is 4.79 Å². The molecule has 3 heterocycles. The molecule has 26 heavy (non-hydrogen) atoms. The number of likely N-dealkylation sites (tertiary alicyclic amines) is 1. The molecule has 0 saturated carbocycles. The Morgan fingerprint density at radius 3 is 2.69 bits per heavy atom. The Morgan fingerprint density at radius 1 is 1.08 bits per heavy atom. The Balaban J connectivity index is 1.61. The standard InChI is InChI=1S/C20H21N5O/c26-20(17-9-11-21-12-10-17)25-13-5-4-8-18(25)19-23-22-15-24(19)14-16-6-2-1-3-7-16/h1-3,6-7,9-12,15,18H,4-5,8,13-14H2. The van der Waals surface area contributed by atoms with Gasteiger partial charge in [-0.3, -0.25) is 9.78 Å². The molecule has 1 atom stereocenters. The number of aromatic nitrogens is 4. The molecular weight excluding hydrogens is 326 g/mol. The van der Waals surface area contributed by atoms with Crippen LogP contribution in [0.15, 0.2) is 61.2 Å². The molecule has 1 aliphatic rings. The normalized spacial score (nSPS) is 17.2. The highest BCUT2D eigenvalue weighted by Gasteiger charge is 2.31. The number of carbonyl (C=O) groups excluding carboxylic acids is 1. The minimum Gasteiger partial charge on any atom is -0.328 e. The topological polar surface area (TPSA) is 63.9 Å². The van der Waals surface area contributed by atoms with Crippen molar-refractivity contribution in [2.24, 2.45) is 0 Å². The Hall–Kier alpha value is -3.02. The summed E-state index contributed by atoms with van der Waals surface area (Å²) in [6.45, 7) is 1.45. The van der Waals surface area contributed by atoms with Crippen LogP contribution in [0.25, 0.3) is 0 Å². The van der Waals surface area contributed by atoms with Crippen LogP contribution in [0.2, 0.25) is 0 Å². The van der Waals surface area contributed by atoms with Gasteiger partial charge in [0.1, 0.15) is 6.33 Å². The number of hydrogen-bond acceptors (Lipinski definition) is 4. The van der Waals surface area contributed by atoms with E-state index in [4.69, 9.17) is 0 Å². The molecule has 1 fully saturated rings. The smallest absolute Gasteiger partial charge is 0.254 e. The highest BCUT2D eigenvalue weighted by Crippen LogP contribution is 2.31. The molecule has 3 aromatic rings. The third kappa shape index (κ3) is 3.35. The Morgan fingerprint density at radius 2 is 1.88 bits per heavy atom. The van der Waals surface area contributed by atoms with Crippen LogP contribution >= 0.6 is 0 Å². The quantitative estimate of drug-likeness (QED) is 0.727. The van der Waals surface area contributed by atoms with E-state index in [1.807, 2.05) is 23.1 Å². The lowest BCUT2D eigenvalue weighted by Gasteiger charge is -2.35. The van der Waals surface area contributed by atoms with Crippen molar-refractivity contribution in [2.75, 3.05) is 6.54 Å². The van der Waals surface area contributed by atoms with Crippen molar-refractivity contribution >= 4 is 5.91 Å². The molecular formula is C20H21N5O. The molecule has 0 radical (unpaired) electrons. The average molecular weight is 347 g/mol. The summed E-state index contributed by atoms with van der Waals surface area (Å²) in [4.78, 5) is 19.0. The van der Waals surface area contributed by atoms with Crippen molar-refractivity contribution in [3.05, 3.63) is 78.1 Å². The first kappa shape index (κ1) is 16.4. The van der Waals surface area contributed by atoms with Crippen molar-refractivity contribution in [1.82, 2.24) is 24.6 Å². The first-order valence-electron chi connectivity index (χ1n) is 8.95. The average Bonchev–Trinajstić information content (AvgIpc) is 3.17. The third-order valence-electron chi connectivity index (χ3n) is 4.83. The van der Waals surface area contributed by atoms with Gasteiger partial charge in [0.2, 0.25) is 0 Å². The van der Waals surface area contributed by atoms with Crippen LogP contribution in [-0.4, -0.2) is 37.1 Å². The zero-order valence-corrected chi connectivity index (χ0v) is 14.5. The van der Waals surface area contributed by atoms with E-state index in [0.717, 1.165) is 31.6 Å². The summed E-state index contributed by atoms with van der Waals surface area (Å²) in [6.07, 6.45) is 8.08. The fourth-order valence-electron chi connectivity index (χ4n) is 3.53. The fraction of sp³-hybridized carbons (Fsp3) is 0.300. The van der Waals surface area contributed by atoms with Crippen LogP contribution in [0.4, 0.5) is 0 Å². The van der Waals surface area contributed by atoms with Crippen molar-refractivity contribution < 1.29 is 4.79 Å². The molecule has 4 rings (SSSR count). The van der Waals surface area contributed by atoms with E-state index in [0.29, 0.717) is 12.1 Å². The van der Waals surface area contributed by atoms with Gasteiger partial charge < -0.3 is 9.47 Å². The number of carbonyl (C=O) groups is 1. The van der Waals surface area contributed by atoms with Gasteiger partial charge in [-0.1, -0.05) is 30.3 Å². The number of pyridine rings is 1. The predicted molar refractivity (Wildman–Crippen MR) is 97.4 cm³/mol. The summed E-state index contributed by atoms with van der Waals surface area (Å²) in [5, 5.41) is 8.49. The van der Waals surface area contributed by atoms with Crippen molar-refractivity contribution in [2.45, 2.75) is 31.8 Å². The van der Waals surface area contributed by atoms with Gasteiger partial charge in [0.15, 0.2) is 5.82 Å². The molecule has 1 aromatic carbocycles. The van der Waals surface area contributed by atoms with Crippen LogP contribution in [0.5, 0.6) is 0 Å². The fourth-order valence-corrected chi connectivity index (χ4v) is 3.53. The molecule has 0 bridgehead atoms. The number of rotatable bonds is 4. The molecule has 0 aliphatic carbocycles. The van der Waals surface area contributed by atoms with Crippen LogP contribution in [-0.2, 0) is 6.54 Å². The zero-order chi connectivity index (χ0) is 17.8. The highest BCUT2D eigenvalue weighted by atomic mass is 16.2. The second-order valence-electron chi connectivity index (χ2n) is 6.55. The summed E-state index contributed by atoms with van der Waals surface area (Å²) < 4.78 is 2.05. The largest absolute Gasteiger partial charge is 0.328 e. The molecule has 1 amide bonds. The van der Waals surface area contributed by atoms with E-state index >= 15 is 0 Å². The molecule has 0 N–H and O–H groups in total. The first-order valence-corrected chi connectivity index (χ1v) is 8.95. The number of nitrogens with zero attached hydrogens (tertiary/aromatic N) is 5. The van der Waals surface area contributed by atoms with Crippen molar-refractivity contribution in [1.29, 1.82) is 0 Å². The Kier molecular flexibility index (Phi) is 4.73. The minimum absolute atomic E-state index is 0.0337. The second-order valence-corrected chi connectivity index (χ2v) is 6.55. The van der Waals surface area contributed by atoms with Gasteiger partial charge in [-0.15, -0.1) is 10.2 Å². The molecule has 132 valence electrons. The first-order chi connectivity index (χ1) is 12.8. The van der Waals surface area contributed by atoms with Gasteiger partial charge in [-0.25, -0.2) is 0 Å². The van der Waals surface area contributed by atoms with E-state index in [1.54, 1.807) is 30.9 Å². The van der Waals surface area contributed by atoms with E-state index in [2.05, 4.69) is 31.9 Å². The highest BCUT2D eigenvalue weighted by molar-refractivity contribution is 5.94. The summed E-state index contributed by atoms with van der Waals surface area (Å²) in [5.41, 5.74) is 1.86. The zero-order valence-electron chi connectivity index (χ0n) is 14.5. The maximum absolute atomic E-state index is 13.0. The second kappa shape index (κ2) is 7.47. The maximum atomic E-state index is 13.0. The lowest BCUT2D eigenvalue weighted by Crippen LogP contribution is -2.39. The SMILES string of the molecule is O=C(c1ccncc1)N1CCCCC1c1nncn1Cc1ccccc1. The van der Waals surface area contributed by atoms with Crippen LogP contribution in [0.3, 0.4) is 0 Å². The van der Waals surface area contributed by atoms with Crippen LogP contribution in [0, 0.1) is 0 Å². The van der Waals surface area contributed by atoms with Gasteiger partial charge in [-0.05, 0) is 37.0 Å². The van der Waals surface area contributed by atoms with E-state index in [1.165, 1.54) is 5.56 Å². The Bertz CT molecular complexity index is 862. The third-order valence-corrected chi connectivity index (χ3v) is 4.83. The number of benzene rings is 1. The van der Waals surface area contributed by atoms with Crippen LogP contribution < -0.4 is 0 Å². The minimum atomic E-state index is -0.0457.